The molecule has 0 saturated carbocycles. The zero-order chi connectivity index (χ0) is 12.7. The molecule has 0 unspecified atom stereocenters. The van der Waals surface area contributed by atoms with Gasteiger partial charge in [-0.25, -0.2) is 9.83 Å². The number of fused-ring (bicyclic) bond motifs is 2. The Balaban J connectivity index is 1.55. The second kappa shape index (κ2) is 4.32. The first kappa shape index (κ1) is 11.4. The normalized spacial score (nSPS) is 36.3. The van der Waals surface area contributed by atoms with Crippen LogP contribution in [0, 0.1) is 5.92 Å². The molecule has 4 aliphatic heterocycles. The number of aliphatic imine (C=N–C) groups is 1. The Labute approximate surface area is 113 Å². The van der Waals surface area contributed by atoms with E-state index in [1.807, 2.05) is 6.07 Å². The maximum atomic E-state index is 5.90. The van der Waals surface area contributed by atoms with Gasteiger partial charge in [-0.3, -0.25) is 10.4 Å². The minimum Gasteiger partial charge on any atom is -0.298 e. The fourth-order valence-electron chi connectivity index (χ4n) is 3.52. The number of rotatable bonds is 2. The molecule has 100 valence electrons. The Morgan fingerprint density at radius 3 is 2.74 bits per heavy atom. The van der Waals surface area contributed by atoms with Crippen molar-refractivity contribution in [2.75, 3.05) is 19.6 Å². The highest BCUT2D eigenvalue weighted by atomic mass is 16.7. The van der Waals surface area contributed by atoms with E-state index in [1.165, 1.54) is 31.5 Å². The fourth-order valence-corrected chi connectivity index (χ4v) is 3.52. The molecular formula is C15H19N3O. The number of nitrogens with one attached hydrogen (secondary N) is 1. The summed E-state index contributed by atoms with van der Waals surface area (Å²) in [4.78, 5) is 13.3. The SMILES string of the molecule is c1ccc(CC2=N[C@@]3(CN4CCC3CC4)ON2)cc1. The lowest BCUT2D eigenvalue weighted by Crippen LogP contribution is -2.58. The van der Waals surface area contributed by atoms with Crippen LogP contribution in [-0.2, 0) is 11.3 Å². The minimum atomic E-state index is -0.305. The van der Waals surface area contributed by atoms with Crippen molar-refractivity contribution in [2.45, 2.75) is 25.0 Å². The fraction of sp³-hybridized carbons (Fsp3) is 0.533. The van der Waals surface area contributed by atoms with E-state index >= 15 is 0 Å². The van der Waals surface area contributed by atoms with E-state index in [4.69, 9.17) is 9.83 Å². The molecule has 3 saturated heterocycles. The van der Waals surface area contributed by atoms with Crippen LogP contribution in [-0.4, -0.2) is 36.1 Å². The Hall–Kier alpha value is -1.39. The van der Waals surface area contributed by atoms with E-state index in [0.717, 1.165) is 18.8 Å². The highest BCUT2D eigenvalue weighted by Crippen LogP contribution is 2.40. The number of benzene rings is 1. The van der Waals surface area contributed by atoms with Gasteiger partial charge in [-0.2, -0.15) is 0 Å². The molecular weight excluding hydrogens is 238 g/mol. The highest BCUT2D eigenvalue weighted by Gasteiger charge is 2.51. The van der Waals surface area contributed by atoms with Crippen LogP contribution in [0.25, 0.3) is 0 Å². The first-order valence-corrected chi connectivity index (χ1v) is 7.13. The van der Waals surface area contributed by atoms with E-state index in [0.29, 0.717) is 5.92 Å². The van der Waals surface area contributed by atoms with Crippen molar-refractivity contribution in [3.8, 4) is 0 Å². The quantitative estimate of drug-likeness (QED) is 0.874. The number of piperidine rings is 3. The lowest BCUT2D eigenvalue weighted by Gasteiger charge is -2.47. The van der Waals surface area contributed by atoms with E-state index < -0.39 is 0 Å². The third-order valence-corrected chi connectivity index (χ3v) is 4.56. The van der Waals surface area contributed by atoms with Crippen LogP contribution in [0.4, 0.5) is 0 Å². The first-order chi connectivity index (χ1) is 9.34. The van der Waals surface area contributed by atoms with Gasteiger partial charge in [0, 0.05) is 12.3 Å². The summed E-state index contributed by atoms with van der Waals surface area (Å²) in [5, 5.41) is 0. The molecule has 4 aliphatic rings. The Kier molecular flexibility index (Phi) is 2.60. The summed E-state index contributed by atoms with van der Waals surface area (Å²) in [6.45, 7) is 3.36. The van der Waals surface area contributed by atoms with Crippen molar-refractivity contribution in [3.05, 3.63) is 35.9 Å². The van der Waals surface area contributed by atoms with E-state index in [1.54, 1.807) is 0 Å². The van der Waals surface area contributed by atoms with Crippen LogP contribution in [0.3, 0.4) is 0 Å². The molecule has 4 heteroatoms. The molecule has 4 nitrogen and oxygen atoms in total. The molecule has 5 rings (SSSR count). The molecule has 0 radical (unpaired) electrons. The lowest BCUT2D eigenvalue weighted by atomic mass is 9.81. The van der Waals surface area contributed by atoms with Crippen LogP contribution in [0.5, 0.6) is 0 Å². The standard InChI is InChI=1S/C15H19N3O/c1-2-4-12(5-3-1)10-14-16-15(19-17-14)11-18-8-6-13(15)7-9-18/h1-5,13H,6-11H2,(H,16,17)/t15-/m0/s1. The molecule has 4 heterocycles. The van der Waals surface area contributed by atoms with Crippen LogP contribution >= 0.6 is 0 Å². The third-order valence-electron chi connectivity index (χ3n) is 4.56. The number of hydroxylamine groups is 1. The summed E-state index contributed by atoms with van der Waals surface area (Å²) in [5.41, 5.74) is 4.04. The largest absolute Gasteiger partial charge is 0.298 e. The van der Waals surface area contributed by atoms with Gasteiger partial charge in [0.25, 0.3) is 0 Å². The van der Waals surface area contributed by atoms with Crippen molar-refractivity contribution in [3.63, 3.8) is 0 Å². The van der Waals surface area contributed by atoms with Crippen LogP contribution in [0.1, 0.15) is 18.4 Å². The number of hydrogen-bond donors (Lipinski definition) is 1. The zero-order valence-electron chi connectivity index (χ0n) is 11.0. The Morgan fingerprint density at radius 2 is 2.05 bits per heavy atom. The summed E-state index contributed by atoms with van der Waals surface area (Å²) in [5.74, 6) is 1.55. The molecule has 0 amide bonds. The third kappa shape index (κ3) is 1.95. The van der Waals surface area contributed by atoms with Crippen LogP contribution in [0.15, 0.2) is 35.3 Å². The zero-order valence-corrected chi connectivity index (χ0v) is 11.0. The summed E-state index contributed by atoms with van der Waals surface area (Å²) >= 11 is 0. The topological polar surface area (TPSA) is 36.9 Å². The van der Waals surface area contributed by atoms with Gasteiger partial charge >= 0.3 is 0 Å². The van der Waals surface area contributed by atoms with Gasteiger partial charge in [0.15, 0.2) is 0 Å². The molecule has 19 heavy (non-hydrogen) atoms. The van der Waals surface area contributed by atoms with Crippen molar-refractivity contribution in [2.24, 2.45) is 10.9 Å². The first-order valence-electron chi connectivity index (χ1n) is 7.13. The van der Waals surface area contributed by atoms with Crippen molar-refractivity contribution in [1.29, 1.82) is 0 Å². The van der Waals surface area contributed by atoms with Crippen LogP contribution in [0.2, 0.25) is 0 Å². The van der Waals surface area contributed by atoms with Crippen molar-refractivity contribution < 1.29 is 4.84 Å². The van der Waals surface area contributed by atoms with Crippen molar-refractivity contribution in [1.82, 2.24) is 10.4 Å². The van der Waals surface area contributed by atoms with Crippen LogP contribution < -0.4 is 5.48 Å². The average molecular weight is 257 g/mol. The number of amidine groups is 1. The second-order valence-electron chi connectivity index (χ2n) is 5.82. The predicted molar refractivity (Wildman–Crippen MR) is 73.7 cm³/mol. The molecule has 1 spiro atoms. The van der Waals surface area contributed by atoms with E-state index in [2.05, 4.69) is 34.6 Å². The summed E-state index contributed by atoms with van der Waals surface area (Å²) < 4.78 is 0. The van der Waals surface area contributed by atoms with Gasteiger partial charge in [0.2, 0.25) is 5.72 Å². The second-order valence-corrected chi connectivity index (χ2v) is 5.82. The minimum absolute atomic E-state index is 0.305. The maximum absolute atomic E-state index is 5.90. The summed E-state index contributed by atoms with van der Waals surface area (Å²) in [6, 6.07) is 10.4. The Bertz CT molecular complexity index is 493. The smallest absolute Gasteiger partial charge is 0.202 e. The predicted octanol–water partition coefficient (Wildman–Crippen LogP) is 1.58. The van der Waals surface area contributed by atoms with Gasteiger partial charge in [-0.05, 0) is 31.5 Å². The molecule has 2 bridgehead atoms. The maximum Gasteiger partial charge on any atom is 0.202 e. The molecule has 1 aromatic carbocycles. The molecule has 1 N–H and O–H groups in total. The lowest BCUT2D eigenvalue weighted by molar-refractivity contribution is -0.155. The van der Waals surface area contributed by atoms with Gasteiger partial charge in [-0.1, -0.05) is 30.3 Å². The van der Waals surface area contributed by atoms with Crippen molar-refractivity contribution >= 4 is 5.84 Å². The van der Waals surface area contributed by atoms with Gasteiger partial charge in [0.1, 0.15) is 5.84 Å². The highest BCUT2D eigenvalue weighted by molar-refractivity contribution is 5.85. The number of nitrogens with zero attached hydrogens (tertiary/aromatic N) is 2. The number of hydrogen-bond acceptors (Lipinski definition) is 4. The van der Waals surface area contributed by atoms with Gasteiger partial charge < -0.3 is 0 Å². The Morgan fingerprint density at radius 1 is 1.26 bits per heavy atom. The summed E-state index contributed by atoms with van der Waals surface area (Å²) in [6.07, 6.45) is 3.25. The van der Waals surface area contributed by atoms with Gasteiger partial charge in [0.05, 0.1) is 6.54 Å². The average Bonchev–Trinajstić information content (AvgIpc) is 2.84. The molecule has 1 aromatic rings. The van der Waals surface area contributed by atoms with E-state index in [-0.39, 0.29) is 5.72 Å². The molecule has 3 fully saturated rings. The summed E-state index contributed by atoms with van der Waals surface area (Å²) in [7, 11) is 0. The molecule has 1 atom stereocenters. The monoisotopic (exact) mass is 257 g/mol. The van der Waals surface area contributed by atoms with Gasteiger partial charge in [-0.15, -0.1) is 0 Å². The molecule has 0 aromatic heterocycles. The molecule has 0 aliphatic carbocycles. The van der Waals surface area contributed by atoms with E-state index in [9.17, 15) is 0 Å².